The third-order valence-corrected chi connectivity index (χ3v) is 2.06. The van der Waals surface area contributed by atoms with Crippen LogP contribution in [-0.4, -0.2) is 23.4 Å². The zero-order valence-corrected chi connectivity index (χ0v) is 8.97. The van der Waals surface area contributed by atoms with E-state index in [9.17, 15) is 10.2 Å². The van der Waals surface area contributed by atoms with Crippen molar-refractivity contribution in [1.29, 1.82) is 0 Å². The second kappa shape index (κ2) is 4.31. The molecule has 1 aromatic rings. The second-order valence-electron chi connectivity index (χ2n) is 2.77. The fourth-order valence-electron chi connectivity index (χ4n) is 1.20. The van der Waals surface area contributed by atoms with E-state index in [4.69, 9.17) is 21.1 Å². The van der Waals surface area contributed by atoms with Gasteiger partial charge in [0.1, 0.15) is 0 Å². The number of phenolic OH excluding ortho intramolecular Hbond substituents is 2. The average molecular weight is 231 g/mol. The van der Waals surface area contributed by atoms with Crippen molar-refractivity contribution in [2.45, 2.75) is 0 Å². The highest BCUT2D eigenvalue weighted by atomic mass is 35.5. The van der Waals surface area contributed by atoms with Gasteiger partial charge in [0.25, 0.3) is 0 Å². The molecule has 82 valence electrons. The van der Waals surface area contributed by atoms with E-state index in [0.717, 1.165) is 0 Å². The van der Waals surface area contributed by atoms with Crippen molar-refractivity contribution < 1.29 is 19.7 Å². The molecule has 1 aromatic carbocycles. The molecule has 0 radical (unpaired) electrons. The minimum Gasteiger partial charge on any atom is -0.504 e. The molecule has 5 heteroatoms. The van der Waals surface area contributed by atoms with Gasteiger partial charge in [0.05, 0.1) is 17.5 Å². The Bertz CT molecular complexity index is 470. The predicted molar refractivity (Wildman–Crippen MR) is 58.0 cm³/mol. The lowest BCUT2D eigenvalue weighted by Crippen LogP contribution is -2.16. The lowest BCUT2D eigenvalue weighted by atomic mass is 10.2. The van der Waals surface area contributed by atoms with Crippen LogP contribution in [0.25, 0.3) is 13.2 Å². The smallest absolute Gasteiger partial charge is 0.174 e. The maximum atomic E-state index is 9.67. The Morgan fingerprint density at radius 2 is 1.60 bits per heavy atom. The van der Waals surface area contributed by atoms with Crippen LogP contribution in [-0.2, 0) is 0 Å². The van der Waals surface area contributed by atoms with Crippen molar-refractivity contribution in [3.8, 4) is 23.0 Å². The molecule has 2 N–H and O–H groups in total. The Balaban J connectivity index is 3.60. The molecule has 0 saturated heterocycles. The number of hydrogen-bond acceptors (Lipinski definition) is 4. The molecule has 0 spiro atoms. The minimum atomic E-state index is -0.240. The summed E-state index contributed by atoms with van der Waals surface area (Å²) in [5.74, 6) is -0.386. The van der Waals surface area contributed by atoms with Crippen molar-refractivity contribution in [2.75, 3.05) is 13.2 Å². The molecular formula is C10H11ClO4. The van der Waals surface area contributed by atoms with Crippen LogP contribution in [0.15, 0.2) is 0 Å². The number of benzene rings is 1. The summed E-state index contributed by atoms with van der Waals surface area (Å²) in [7, 11) is 1.35. The monoisotopic (exact) mass is 230 g/mol. The summed E-state index contributed by atoms with van der Waals surface area (Å²) in [6.07, 6.45) is 0. The van der Waals surface area contributed by atoms with Gasteiger partial charge in [-0.05, 0) is 0 Å². The number of rotatable bonds is 3. The van der Waals surface area contributed by atoms with Gasteiger partial charge >= 0.3 is 0 Å². The van der Waals surface area contributed by atoms with Gasteiger partial charge in [-0.2, -0.15) is 0 Å². The van der Waals surface area contributed by atoms with Crippen LogP contribution in [0.5, 0.6) is 23.0 Å². The van der Waals surface area contributed by atoms with Gasteiger partial charge in [-0.3, -0.25) is 0 Å². The molecule has 0 atom stereocenters. The molecule has 0 unspecified atom stereocenters. The molecule has 0 fully saturated rings. The van der Waals surface area contributed by atoms with Crippen molar-refractivity contribution in [3.63, 3.8) is 0 Å². The van der Waals surface area contributed by atoms with Crippen LogP contribution in [0.3, 0.4) is 0 Å². The predicted octanol–water partition coefficient (Wildman–Crippen LogP) is 0.502. The summed E-state index contributed by atoms with van der Waals surface area (Å²) in [5, 5.41) is 19.6. The average Bonchev–Trinajstić information content (AvgIpc) is 2.23. The van der Waals surface area contributed by atoms with Crippen molar-refractivity contribution in [2.24, 2.45) is 0 Å². The number of phenols is 2. The Morgan fingerprint density at radius 1 is 1.13 bits per heavy atom. The summed E-state index contributed by atoms with van der Waals surface area (Å²) < 4.78 is 9.80. The zero-order chi connectivity index (χ0) is 11.6. The summed E-state index contributed by atoms with van der Waals surface area (Å²) in [6, 6.07) is -0.165. The van der Waals surface area contributed by atoms with Crippen molar-refractivity contribution in [1.82, 2.24) is 0 Å². The molecule has 4 nitrogen and oxygen atoms in total. The Morgan fingerprint density at radius 3 is 2.07 bits per heavy atom. The SMILES string of the molecule is C=c1c(O)c(OCCl)c(=C)c(O)c1OC. The number of alkyl halides is 1. The van der Waals surface area contributed by atoms with E-state index in [2.05, 4.69) is 13.2 Å². The Hall–Kier alpha value is -1.55. The van der Waals surface area contributed by atoms with Crippen LogP contribution in [0.1, 0.15) is 0 Å². The van der Waals surface area contributed by atoms with Crippen LogP contribution >= 0.6 is 11.6 Å². The molecular weight excluding hydrogens is 220 g/mol. The van der Waals surface area contributed by atoms with E-state index >= 15 is 0 Å². The van der Waals surface area contributed by atoms with Gasteiger partial charge < -0.3 is 19.7 Å². The molecule has 0 aliphatic rings. The van der Waals surface area contributed by atoms with Crippen LogP contribution < -0.4 is 19.9 Å². The Kier molecular flexibility index (Phi) is 3.31. The summed E-state index contributed by atoms with van der Waals surface area (Å²) in [4.78, 5) is 0. The second-order valence-corrected chi connectivity index (χ2v) is 2.99. The first kappa shape index (κ1) is 11.5. The highest BCUT2D eigenvalue weighted by Gasteiger charge is 2.15. The first-order valence-electron chi connectivity index (χ1n) is 4.03. The topological polar surface area (TPSA) is 58.9 Å². The van der Waals surface area contributed by atoms with Crippen molar-refractivity contribution in [3.05, 3.63) is 10.4 Å². The van der Waals surface area contributed by atoms with Gasteiger partial charge in [-0.1, -0.05) is 24.8 Å². The Labute approximate surface area is 91.6 Å². The fraction of sp³-hybridized carbons (Fsp3) is 0.200. The molecule has 0 amide bonds. The van der Waals surface area contributed by atoms with E-state index in [1.165, 1.54) is 7.11 Å². The number of methoxy groups -OCH3 is 1. The quantitative estimate of drug-likeness (QED) is 0.587. The first-order valence-corrected chi connectivity index (χ1v) is 4.56. The highest BCUT2D eigenvalue weighted by Crippen LogP contribution is 2.26. The van der Waals surface area contributed by atoms with Crippen molar-refractivity contribution >= 4 is 24.8 Å². The molecule has 0 saturated carbocycles. The number of hydrogen-bond donors (Lipinski definition) is 2. The zero-order valence-electron chi connectivity index (χ0n) is 8.21. The normalized spacial score (nSPS) is 10.0. The third-order valence-electron chi connectivity index (χ3n) is 1.95. The van der Waals surface area contributed by atoms with Gasteiger partial charge in [0.2, 0.25) is 0 Å². The minimum absolute atomic E-state index is 0.00769. The molecule has 0 bridgehead atoms. The lowest BCUT2D eigenvalue weighted by Gasteiger charge is -2.11. The number of halogens is 1. The largest absolute Gasteiger partial charge is 0.504 e. The summed E-state index contributed by atoms with van der Waals surface area (Å²) in [5.41, 5.74) is 0. The molecule has 15 heavy (non-hydrogen) atoms. The number of ether oxygens (including phenoxy) is 2. The van der Waals surface area contributed by atoms with E-state index in [-0.39, 0.29) is 39.5 Å². The lowest BCUT2D eigenvalue weighted by molar-refractivity contribution is 0.329. The summed E-state index contributed by atoms with van der Waals surface area (Å²) in [6.45, 7) is 7.10. The van der Waals surface area contributed by atoms with E-state index < -0.39 is 0 Å². The fourth-order valence-corrected chi connectivity index (χ4v) is 1.31. The molecule has 0 aliphatic carbocycles. The summed E-state index contributed by atoms with van der Waals surface area (Å²) >= 11 is 5.36. The van der Waals surface area contributed by atoms with Crippen LogP contribution in [0.2, 0.25) is 0 Å². The van der Waals surface area contributed by atoms with Gasteiger partial charge in [-0.15, -0.1) is 0 Å². The van der Waals surface area contributed by atoms with Crippen LogP contribution in [0.4, 0.5) is 0 Å². The van der Waals surface area contributed by atoms with E-state index in [1.54, 1.807) is 0 Å². The van der Waals surface area contributed by atoms with Gasteiger partial charge in [0.15, 0.2) is 29.1 Å². The van der Waals surface area contributed by atoms with Crippen LogP contribution in [0, 0.1) is 0 Å². The van der Waals surface area contributed by atoms with Gasteiger partial charge in [0, 0.05) is 0 Å². The number of aromatic hydroxyl groups is 2. The highest BCUT2D eigenvalue weighted by molar-refractivity contribution is 6.17. The molecule has 0 heterocycles. The molecule has 1 rings (SSSR count). The maximum absolute atomic E-state index is 9.67. The molecule has 0 aliphatic heterocycles. The van der Waals surface area contributed by atoms with E-state index in [0.29, 0.717) is 0 Å². The third kappa shape index (κ3) is 1.80. The maximum Gasteiger partial charge on any atom is 0.174 e. The standard InChI is InChI=1S/C10H11ClO4/c1-5-8(13)10(15-4-11)6(2)7(12)9(5)14-3/h12-13H,1-2,4H2,3H3. The molecule has 0 aromatic heterocycles. The first-order chi connectivity index (χ1) is 7.04. The van der Waals surface area contributed by atoms with E-state index in [1.807, 2.05) is 0 Å². The van der Waals surface area contributed by atoms with Gasteiger partial charge in [-0.25, -0.2) is 0 Å².